The van der Waals surface area contributed by atoms with E-state index in [9.17, 15) is 0 Å². The molecule has 0 amide bonds. The van der Waals surface area contributed by atoms with Crippen LogP contribution < -0.4 is 9.47 Å². The number of rotatable bonds is 6. The molecule has 4 rings (SSSR count). The first kappa shape index (κ1) is 25.0. The third kappa shape index (κ3) is 6.94. The zero-order chi connectivity index (χ0) is 24.5. The number of aliphatic carboxylic acids is 2. The van der Waals surface area contributed by atoms with Gasteiger partial charge < -0.3 is 19.7 Å². The van der Waals surface area contributed by atoms with Gasteiger partial charge in [0.2, 0.25) is 0 Å². The Kier molecular flexibility index (Phi) is 8.84. The van der Waals surface area contributed by atoms with Crippen molar-refractivity contribution < 1.29 is 29.3 Å². The average Bonchev–Trinajstić information content (AvgIpc) is 2.85. The summed E-state index contributed by atoms with van der Waals surface area (Å²) < 4.78 is 10.9. The standard InChI is InChI=1S/C24H28N2O2.C2H2O4/c1-27-23-9-10-24(28-2)22(16-23)18-26-13-11-25(12-14-26)17-19-7-8-20-5-3-4-6-21(20)15-19;3-1(4)2(5)6/h3-10,15-16H,11-14,17-18H2,1-2H3;(H,3,4)(H,5,6). The van der Waals surface area contributed by atoms with Crippen molar-refractivity contribution in [2.75, 3.05) is 40.4 Å². The van der Waals surface area contributed by atoms with Gasteiger partial charge in [-0.25, -0.2) is 9.59 Å². The molecule has 3 aromatic rings. The van der Waals surface area contributed by atoms with Gasteiger partial charge in [0.15, 0.2) is 0 Å². The van der Waals surface area contributed by atoms with Crippen LogP contribution in [-0.4, -0.2) is 72.4 Å². The van der Waals surface area contributed by atoms with Crippen molar-refractivity contribution >= 4 is 22.7 Å². The maximum atomic E-state index is 9.10. The Labute approximate surface area is 198 Å². The van der Waals surface area contributed by atoms with Crippen LogP contribution in [0.5, 0.6) is 11.5 Å². The molecule has 0 radical (unpaired) electrons. The summed E-state index contributed by atoms with van der Waals surface area (Å²) in [5, 5.41) is 17.4. The topological polar surface area (TPSA) is 99.5 Å². The average molecular weight is 467 g/mol. The summed E-state index contributed by atoms with van der Waals surface area (Å²) in [5.41, 5.74) is 2.58. The molecular weight excluding hydrogens is 436 g/mol. The van der Waals surface area contributed by atoms with E-state index in [2.05, 4.69) is 58.3 Å². The summed E-state index contributed by atoms with van der Waals surface area (Å²) in [5.74, 6) is -1.84. The highest BCUT2D eigenvalue weighted by molar-refractivity contribution is 6.27. The van der Waals surface area contributed by atoms with E-state index in [-0.39, 0.29) is 0 Å². The summed E-state index contributed by atoms with van der Waals surface area (Å²) in [6.45, 7) is 6.20. The minimum atomic E-state index is -1.82. The predicted octanol–water partition coefficient (Wildman–Crippen LogP) is 3.33. The van der Waals surface area contributed by atoms with E-state index >= 15 is 0 Å². The van der Waals surface area contributed by atoms with E-state index in [1.54, 1.807) is 14.2 Å². The Hall–Kier alpha value is -3.62. The second kappa shape index (κ2) is 12.0. The number of hydrogen-bond donors (Lipinski definition) is 2. The number of carboxylic acids is 2. The monoisotopic (exact) mass is 466 g/mol. The lowest BCUT2D eigenvalue weighted by Crippen LogP contribution is -2.45. The normalized spacial score (nSPS) is 14.2. The number of methoxy groups -OCH3 is 2. The number of benzene rings is 3. The molecule has 8 heteroatoms. The van der Waals surface area contributed by atoms with Crippen molar-refractivity contribution in [1.82, 2.24) is 9.80 Å². The molecule has 1 aliphatic heterocycles. The maximum Gasteiger partial charge on any atom is 0.414 e. The molecule has 0 unspecified atom stereocenters. The van der Waals surface area contributed by atoms with Crippen LogP contribution in [0.2, 0.25) is 0 Å². The molecule has 3 aromatic carbocycles. The molecule has 0 aliphatic carbocycles. The fraction of sp³-hybridized carbons (Fsp3) is 0.308. The highest BCUT2D eigenvalue weighted by Gasteiger charge is 2.19. The van der Waals surface area contributed by atoms with E-state index in [0.717, 1.165) is 50.8 Å². The van der Waals surface area contributed by atoms with Crippen LogP contribution in [0.1, 0.15) is 11.1 Å². The zero-order valence-corrected chi connectivity index (χ0v) is 19.4. The van der Waals surface area contributed by atoms with Gasteiger partial charge in [-0.05, 0) is 40.6 Å². The summed E-state index contributed by atoms with van der Waals surface area (Å²) in [6, 6.07) is 21.4. The van der Waals surface area contributed by atoms with Gasteiger partial charge in [0.05, 0.1) is 14.2 Å². The molecule has 0 aromatic heterocycles. The number of carboxylic acid groups (broad SMARTS) is 2. The largest absolute Gasteiger partial charge is 0.497 e. The van der Waals surface area contributed by atoms with Crippen LogP contribution in [0.3, 0.4) is 0 Å². The highest BCUT2D eigenvalue weighted by Crippen LogP contribution is 2.26. The summed E-state index contributed by atoms with van der Waals surface area (Å²) in [6.07, 6.45) is 0. The first-order valence-corrected chi connectivity index (χ1v) is 11.0. The Bertz CT molecular complexity index is 1110. The summed E-state index contributed by atoms with van der Waals surface area (Å²) in [7, 11) is 3.43. The minimum absolute atomic E-state index is 0.880. The van der Waals surface area contributed by atoms with Crippen LogP contribution in [-0.2, 0) is 22.7 Å². The Balaban J connectivity index is 0.000000481. The molecular formula is C26H30N2O6. The van der Waals surface area contributed by atoms with E-state index in [4.69, 9.17) is 29.3 Å². The lowest BCUT2D eigenvalue weighted by Gasteiger charge is -2.35. The molecule has 0 bridgehead atoms. The summed E-state index contributed by atoms with van der Waals surface area (Å²) >= 11 is 0. The van der Waals surface area contributed by atoms with Gasteiger partial charge in [0.25, 0.3) is 0 Å². The second-order valence-electron chi connectivity index (χ2n) is 8.02. The van der Waals surface area contributed by atoms with Gasteiger partial charge in [-0.1, -0.05) is 36.4 Å². The minimum Gasteiger partial charge on any atom is -0.497 e. The highest BCUT2D eigenvalue weighted by atomic mass is 16.5. The van der Waals surface area contributed by atoms with Crippen molar-refractivity contribution in [2.24, 2.45) is 0 Å². The molecule has 0 atom stereocenters. The number of nitrogens with zero attached hydrogens (tertiary/aromatic N) is 2. The fourth-order valence-electron chi connectivity index (χ4n) is 3.95. The molecule has 1 fully saturated rings. The predicted molar refractivity (Wildman–Crippen MR) is 129 cm³/mol. The van der Waals surface area contributed by atoms with Gasteiger partial charge in [0, 0.05) is 44.8 Å². The number of fused-ring (bicyclic) bond motifs is 1. The molecule has 1 saturated heterocycles. The van der Waals surface area contributed by atoms with Gasteiger partial charge in [-0.15, -0.1) is 0 Å². The van der Waals surface area contributed by atoms with Crippen molar-refractivity contribution in [3.8, 4) is 11.5 Å². The maximum absolute atomic E-state index is 9.10. The molecule has 8 nitrogen and oxygen atoms in total. The van der Waals surface area contributed by atoms with Gasteiger partial charge >= 0.3 is 11.9 Å². The Morgan fingerprint density at radius 2 is 1.38 bits per heavy atom. The number of hydrogen-bond acceptors (Lipinski definition) is 6. The lowest BCUT2D eigenvalue weighted by molar-refractivity contribution is -0.159. The first-order valence-electron chi connectivity index (χ1n) is 11.0. The van der Waals surface area contributed by atoms with E-state index in [0.29, 0.717) is 0 Å². The number of piperazine rings is 1. The lowest BCUT2D eigenvalue weighted by atomic mass is 10.1. The molecule has 2 N–H and O–H groups in total. The molecule has 34 heavy (non-hydrogen) atoms. The van der Waals surface area contributed by atoms with Crippen LogP contribution in [0.4, 0.5) is 0 Å². The van der Waals surface area contributed by atoms with Crippen LogP contribution >= 0.6 is 0 Å². The van der Waals surface area contributed by atoms with Gasteiger partial charge in [-0.2, -0.15) is 0 Å². The van der Waals surface area contributed by atoms with Crippen LogP contribution in [0.25, 0.3) is 10.8 Å². The van der Waals surface area contributed by atoms with E-state index in [1.807, 2.05) is 12.1 Å². The molecule has 1 aliphatic rings. The molecule has 180 valence electrons. The van der Waals surface area contributed by atoms with Crippen molar-refractivity contribution in [2.45, 2.75) is 13.1 Å². The number of carbonyl (C=O) groups is 2. The van der Waals surface area contributed by atoms with E-state index < -0.39 is 11.9 Å². The van der Waals surface area contributed by atoms with Crippen LogP contribution in [0, 0.1) is 0 Å². The third-order valence-electron chi connectivity index (χ3n) is 5.75. The van der Waals surface area contributed by atoms with Gasteiger partial charge in [0.1, 0.15) is 11.5 Å². The van der Waals surface area contributed by atoms with Gasteiger partial charge in [-0.3, -0.25) is 9.80 Å². The van der Waals surface area contributed by atoms with E-state index in [1.165, 1.54) is 21.9 Å². The Morgan fingerprint density at radius 1 is 0.765 bits per heavy atom. The fourth-order valence-corrected chi connectivity index (χ4v) is 3.95. The molecule has 0 spiro atoms. The van der Waals surface area contributed by atoms with Crippen molar-refractivity contribution in [3.63, 3.8) is 0 Å². The summed E-state index contributed by atoms with van der Waals surface area (Å²) in [4.78, 5) is 23.2. The molecule has 0 saturated carbocycles. The second-order valence-corrected chi connectivity index (χ2v) is 8.02. The SMILES string of the molecule is COc1ccc(OC)c(CN2CCN(Cc3ccc4ccccc4c3)CC2)c1.O=C(O)C(=O)O. The quantitative estimate of drug-likeness (QED) is 0.534. The molecule has 1 heterocycles. The van der Waals surface area contributed by atoms with Crippen molar-refractivity contribution in [1.29, 1.82) is 0 Å². The zero-order valence-electron chi connectivity index (χ0n) is 19.4. The third-order valence-corrected chi connectivity index (χ3v) is 5.75. The van der Waals surface area contributed by atoms with Crippen molar-refractivity contribution in [3.05, 3.63) is 71.8 Å². The number of ether oxygens (including phenoxy) is 2. The smallest absolute Gasteiger partial charge is 0.414 e. The van der Waals surface area contributed by atoms with Crippen LogP contribution in [0.15, 0.2) is 60.7 Å². The Morgan fingerprint density at radius 3 is 1.97 bits per heavy atom. The first-order chi connectivity index (χ1) is 16.4.